The summed E-state index contributed by atoms with van der Waals surface area (Å²) in [5, 5.41) is 0. The quantitative estimate of drug-likeness (QED) is 0.614. The van der Waals surface area contributed by atoms with Crippen molar-refractivity contribution in [1.29, 1.82) is 0 Å². The Morgan fingerprint density at radius 1 is 1.28 bits per heavy atom. The van der Waals surface area contributed by atoms with Gasteiger partial charge in [0.05, 0.1) is 0 Å². The molecule has 1 rings (SSSR count). The zero-order valence-corrected chi connectivity index (χ0v) is 14.3. The Kier molecular flexibility index (Phi) is 5.47. The van der Waals surface area contributed by atoms with Gasteiger partial charge in [0.2, 0.25) is 5.91 Å². The van der Waals surface area contributed by atoms with Gasteiger partial charge in [-0.2, -0.15) is 0 Å². The molecule has 1 heterocycles. The molecular formula is C14H27IN2O. The molecule has 0 spiro atoms. The third-order valence-electron chi connectivity index (χ3n) is 3.50. The maximum absolute atomic E-state index is 12.3. The maximum Gasteiger partial charge on any atom is 0.222 e. The van der Waals surface area contributed by atoms with Gasteiger partial charge in [0.1, 0.15) is 0 Å². The number of carbonyl (C=O) groups excluding carboxylic acids is 1. The van der Waals surface area contributed by atoms with Gasteiger partial charge in [-0.3, -0.25) is 4.79 Å². The second kappa shape index (κ2) is 6.07. The van der Waals surface area contributed by atoms with E-state index in [0.717, 1.165) is 25.8 Å². The Morgan fingerprint density at radius 2 is 1.89 bits per heavy atom. The fourth-order valence-electron chi connectivity index (χ4n) is 2.55. The average Bonchev–Trinajstić information content (AvgIpc) is 2.36. The Labute approximate surface area is 125 Å². The lowest BCUT2D eigenvalue weighted by Gasteiger charge is -2.42. The van der Waals surface area contributed by atoms with Gasteiger partial charge in [0.15, 0.2) is 0 Å². The lowest BCUT2D eigenvalue weighted by atomic mass is 9.88. The molecular weight excluding hydrogens is 339 g/mol. The summed E-state index contributed by atoms with van der Waals surface area (Å²) in [5.74, 6) is 0.312. The zero-order chi connectivity index (χ0) is 14.0. The average molecular weight is 366 g/mol. The third-order valence-corrected chi connectivity index (χ3v) is 4.22. The normalized spacial score (nSPS) is 20.8. The molecule has 1 aliphatic rings. The van der Waals surface area contributed by atoms with Crippen LogP contribution in [0.1, 0.15) is 59.8 Å². The SMILES string of the molecule is CC(C)(N)CC(N1CCCCCC1=O)C(C)(C)I. The van der Waals surface area contributed by atoms with E-state index in [1.165, 1.54) is 6.42 Å². The predicted molar refractivity (Wildman–Crippen MR) is 85.0 cm³/mol. The molecule has 0 aliphatic carbocycles. The van der Waals surface area contributed by atoms with E-state index >= 15 is 0 Å². The lowest BCUT2D eigenvalue weighted by Crippen LogP contribution is -2.53. The molecule has 1 amide bonds. The van der Waals surface area contributed by atoms with Crippen molar-refractivity contribution >= 4 is 28.5 Å². The van der Waals surface area contributed by atoms with Gasteiger partial charge in [0.25, 0.3) is 0 Å². The van der Waals surface area contributed by atoms with Crippen molar-refractivity contribution in [3.8, 4) is 0 Å². The van der Waals surface area contributed by atoms with Gasteiger partial charge in [-0.1, -0.05) is 29.0 Å². The highest BCUT2D eigenvalue weighted by molar-refractivity contribution is 14.1. The number of amides is 1. The van der Waals surface area contributed by atoms with Crippen LogP contribution >= 0.6 is 22.6 Å². The number of alkyl halides is 1. The van der Waals surface area contributed by atoms with Crippen molar-refractivity contribution in [2.75, 3.05) is 6.54 Å². The predicted octanol–water partition coefficient (Wildman–Crippen LogP) is 3.10. The van der Waals surface area contributed by atoms with Crippen LogP contribution in [0, 0.1) is 0 Å². The Morgan fingerprint density at radius 3 is 2.39 bits per heavy atom. The standard InChI is InChI=1S/C14H27IN2O/c1-13(2,16)10-11(14(3,4)15)17-9-7-5-6-8-12(17)18/h11H,5-10,16H2,1-4H3. The molecule has 106 valence electrons. The van der Waals surface area contributed by atoms with E-state index < -0.39 is 0 Å². The van der Waals surface area contributed by atoms with Crippen molar-refractivity contribution in [1.82, 2.24) is 4.90 Å². The van der Waals surface area contributed by atoms with Crippen LogP contribution in [0.4, 0.5) is 0 Å². The number of hydrogen-bond donors (Lipinski definition) is 1. The molecule has 2 N–H and O–H groups in total. The van der Waals surface area contributed by atoms with Gasteiger partial charge in [-0.25, -0.2) is 0 Å². The van der Waals surface area contributed by atoms with E-state index in [0.29, 0.717) is 12.3 Å². The van der Waals surface area contributed by atoms with Crippen molar-refractivity contribution in [3.63, 3.8) is 0 Å². The van der Waals surface area contributed by atoms with Crippen LogP contribution in [-0.2, 0) is 4.79 Å². The number of nitrogens with two attached hydrogens (primary N) is 1. The molecule has 1 atom stereocenters. The van der Waals surface area contributed by atoms with Crippen LogP contribution < -0.4 is 5.73 Å². The van der Waals surface area contributed by atoms with Gasteiger partial charge < -0.3 is 10.6 Å². The fraction of sp³-hybridized carbons (Fsp3) is 0.929. The highest BCUT2D eigenvalue weighted by Crippen LogP contribution is 2.32. The summed E-state index contributed by atoms with van der Waals surface area (Å²) in [4.78, 5) is 14.4. The first kappa shape index (κ1) is 16.2. The molecule has 0 aromatic heterocycles. The first-order chi connectivity index (χ1) is 8.11. The topological polar surface area (TPSA) is 46.3 Å². The molecule has 1 aliphatic heterocycles. The van der Waals surface area contributed by atoms with E-state index in [1.54, 1.807) is 0 Å². The van der Waals surface area contributed by atoms with Crippen molar-refractivity contribution < 1.29 is 4.79 Å². The minimum absolute atomic E-state index is 0.0500. The second-order valence-corrected chi connectivity index (χ2v) is 9.45. The Balaban J connectivity index is 2.90. The third kappa shape index (κ3) is 5.03. The van der Waals surface area contributed by atoms with E-state index in [1.807, 2.05) is 13.8 Å². The molecule has 3 nitrogen and oxygen atoms in total. The molecule has 1 saturated heterocycles. The summed E-state index contributed by atoms with van der Waals surface area (Å²) in [5.41, 5.74) is 5.95. The van der Waals surface area contributed by atoms with Crippen LogP contribution in [0.5, 0.6) is 0 Å². The summed E-state index contributed by atoms with van der Waals surface area (Å²) < 4.78 is 0.0500. The van der Waals surface area contributed by atoms with Crippen molar-refractivity contribution in [2.45, 2.75) is 74.8 Å². The first-order valence-corrected chi connectivity index (χ1v) is 7.96. The van der Waals surface area contributed by atoms with E-state index in [4.69, 9.17) is 5.73 Å². The van der Waals surface area contributed by atoms with E-state index in [9.17, 15) is 4.79 Å². The summed E-state index contributed by atoms with van der Waals surface area (Å²) >= 11 is 2.45. The molecule has 0 aromatic rings. The number of carbonyl (C=O) groups is 1. The van der Waals surface area contributed by atoms with Gasteiger partial charge >= 0.3 is 0 Å². The Hall–Kier alpha value is 0.160. The molecule has 18 heavy (non-hydrogen) atoms. The summed E-state index contributed by atoms with van der Waals surface area (Å²) in [6.45, 7) is 9.38. The maximum atomic E-state index is 12.3. The van der Waals surface area contributed by atoms with Gasteiger partial charge in [0, 0.05) is 28.0 Å². The molecule has 4 heteroatoms. The second-order valence-electron chi connectivity index (χ2n) is 6.67. The summed E-state index contributed by atoms with van der Waals surface area (Å²) in [6, 6.07) is 0.226. The lowest BCUT2D eigenvalue weighted by molar-refractivity contribution is -0.133. The fourth-order valence-corrected chi connectivity index (χ4v) is 3.11. The van der Waals surface area contributed by atoms with Crippen molar-refractivity contribution in [3.05, 3.63) is 0 Å². The monoisotopic (exact) mass is 366 g/mol. The van der Waals surface area contributed by atoms with Crippen LogP contribution in [-0.4, -0.2) is 32.4 Å². The number of nitrogens with zero attached hydrogens (tertiary/aromatic N) is 1. The minimum Gasteiger partial charge on any atom is -0.338 e. The Bertz CT molecular complexity index is 291. The highest BCUT2D eigenvalue weighted by Gasteiger charge is 2.37. The molecule has 0 saturated carbocycles. The van der Waals surface area contributed by atoms with Crippen molar-refractivity contribution in [2.24, 2.45) is 5.73 Å². The van der Waals surface area contributed by atoms with E-state index in [2.05, 4.69) is 41.3 Å². The molecule has 0 bridgehead atoms. The first-order valence-electron chi connectivity index (χ1n) is 6.88. The molecule has 1 fully saturated rings. The number of rotatable bonds is 4. The number of halogens is 1. The summed E-state index contributed by atoms with van der Waals surface area (Å²) in [7, 11) is 0. The van der Waals surface area contributed by atoms with Gasteiger partial charge in [-0.15, -0.1) is 0 Å². The largest absolute Gasteiger partial charge is 0.338 e. The zero-order valence-electron chi connectivity index (χ0n) is 12.1. The number of hydrogen-bond acceptors (Lipinski definition) is 2. The van der Waals surface area contributed by atoms with Crippen LogP contribution in [0.2, 0.25) is 0 Å². The van der Waals surface area contributed by atoms with Gasteiger partial charge in [-0.05, 0) is 47.0 Å². The highest BCUT2D eigenvalue weighted by atomic mass is 127. The molecule has 0 radical (unpaired) electrons. The number of likely N-dealkylation sites (tertiary alicyclic amines) is 1. The van der Waals surface area contributed by atoms with Crippen LogP contribution in [0.3, 0.4) is 0 Å². The molecule has 1 unspecified atom stereocenters. The summed E-state index contributed by atoms with van der Waals surface area (Å²) in [6.07, 6.45) is 4.89. The van der Waals surface area contributed by atoms with Crippen LogP contribution in [0.15, 0.2) is 0 Å². The van der Waals surface area contributed by atoms with Crippen LogP contribution in [0.25, 0.3) is 0 Å². The smallest absolute Gasteiger partial charge is 0.222 e. The molecule has 0 aromatic carbocycles. The minimum atomic E-state index is -0.236. The van der Waals surface area contributed by atoms with E-state index in [-0.39, 0.29) is 15.0 Å².